The number of nitrogens with zero attached hydrogens (tertiary/aromatic N) is 2. The Morgan fingerprint density at radius 3 is 2.37 bits per heavy atom. The third-order valence-corrected chi connectivity index (χ3v) is 6.15. The Balaban J connectivity index is 1.88. The zero-order valence-corrected chi connectivity index (χ0v) is 16.1. The molecule has 2 N–H and O–H groups in total. The van der Waals surface area contributed by atoms with Crippen LogP contribution >= 0.6 is 0 Å². The van der Waals surface area contributed by atoms with E-state index in [1.807, 2.05) is 42.5 Å². The molecule has 0 radical (unpaired) electrons. The van der Waals surface area contributed by atoms with Gasteiger partial charge in [0.2, 0.25) is 10.0 Å². The molecule has 3 aromatic carbocycles. The second kappa shape index (κ2) is 6.96. The molecular formula is C21H23N3O2S. The molecule has 0 amide bonds. The average Bonchev–Trinajstić information content (AvgIpc) is 2.67. The normalized spacial score (nSPS) is 16.0. The van der Waals surface area contributed by atoms with Gasteiger partial charge in [-0.1, -0.05) is 42.5 Å². The molecule has 6 heteroatoms. The lowest BCUT2D eigenvalue weighted by Crippen LogP contribution is -2.44. The minimum Gasteiger partial charge on any atom is -0.369 e. The van der Waals surface area contributed by atoms with Crippen molar-refractivity contribution >= 4 is 26.5 Å². The summed E-state index contributed by atoms with van der Waals surface area (Å²) in [6.45, 7) is 3.94. The highest BCUT2D eigenvalue weighted by molar-refractivity contribution is 7.89. The van der Waals surface area contributed by atoms with E-state index in [0.717, 1.165) is 48.2 Å². The summed E-state index contributed by atoms with van der Waals surface area (Å²) in [5.41, 5.74) is 2.65. The number of sulfonamides is 1. The number of primary sulfonamides is 1. The summed E-state index contributed by atoms with van der Waals surface area (Å²) < 4.78 is 24.5. The summed E-state index contributed by atoms with van der Waals surface area (Å²) in [6.07, 6.45) is 0. The fourth-order valence-electron chi connectivity index (χ4n) is 3.71. The van der Waals surface area contributed by atoms with Gasteiger partial charge in [-0.3, -0.25) is 0 Å². The number of benzene rings is 3. The van der Waals surface area contributed by atoms with Gasteiger partial charge in [0.05, 0.1) is 4.90 Å². The molecule has 0 unspecified atom stereocenters. The maximum Gasteiger partial charge on any atom is 0.238 e. The van der Waals surface area contributed by atoms with Gasteiger partial charge in [-0.05, 0) is 41.6 Å². The Kier molecular flexibility index (Phi) is 4.63. The molecule has 0 atom stereocenters. The molecule has 5 nitrogen and oxygen atoms in total. The van der Waals surface area contributed by atoms with Gasteiger partial charge in [-0.2, -0.15) is 0 Å². The summed E-state index contributed by atoms with van der Waals surface area (Å²) in [5.74, 6) is 0. The van der Waals surface area contributed by atoms with Gasteiger partial charge in [0.25, 0.3) is 0 Å². The van der Waals surface area contributed by atoms with Crippen molar-refractivity contribution in [3.05, 3.63) is 60.7 Å². The number of nitrogens with two attached hydrogens (primary N) is 1. The van der Waals surface area contributed by atoms with Crippen molar-refractivity contribution in [1.29, 1.82) is 0 Å². The molecule has 1 fully saturated rings. The second-order valence-corrected chi connectivity index (χ2v) is 8.58. The summed E-state index contributed by atoms with van der Waals surface area (Å²) in [4.78, 5) is 4.81. The smallest absolute Gasteiger partial charge is 0.238 e. The van der Waals surface area contributed by atoms with Gasteiger partial charge in [-0.25, -0.2) is 13.6 Å². The zero-order chi connectivity index (χ0) is 19.0. The third kappa shape index (κ3) is 3.56. The van der Waals surface area contributed by atoms with E-state index in [2.05, 4.69) is 29.0 Å². The zero-order valence-electron chi connectivity index (χ0n) is 15.3. The van der Waals surface area contributed by atoms with Crippen LogP contribution in [0.3, 0.4) is 0 Å². The van der Waals surface area contributed by atoms with Crippen molar-refractivity contribution in [1.82, 2.24) is 4.90 Å². The monoisotopic (exact) mass is 381 g/mol. The fourth-order valence-corrected chi connectivity index (χ4v) is 4.48. The average molecular weight is 382 g/mol. The first-order valence-corrected chi connectivity index (χ1v) is 10.6. The maximum absolute atomic E-state index is 12.3. The minimum atomic E-state index is -3.84. The number of piperazine rings is 1. The lowest BCUT2D eigenvalue weighted by molar-refractivity contribution is 0.313. The van der Waals surface area contributed by atoms with Crippen LogP contribution in [0.1, 0.15) is 0 Å². The highest BCUT2D eigenvalue weighted by atomic mass is 32.2. The highest BCUT2D eigenvalue weighted by Gasteiger charge is 2.20. The lowest BCUT2D eigenvalue weighted by atomic mass is 9.97. The Labute approximate surface area is 160 Å². The number of rotatable bonds is 3. The standard InChI is InChI=1S/C21H23N3O2S/c1-23-11-13-24(14-12-23)18-7-4-6-17(15-18)21-19-8-3-2-5-16(19)9-10-20(21)27(22,25)26/h2-10,15H,11-14H2,1H3,(H2,22,25,26). The van der Waals surface area contributed by atoms with Crippen LogP contribution in [0.15, 0.2) is 65.6 Å². The molecule has 27 heavy (non-hydrogen) atoms. The van der Waals surface area contributed by atoms with E-state index in [0.29, 0.717) is 5.56 Å². The molecule has 0 aliphatic carbocycles. The molecule has 0 aromatic heterocycles. The first-order valence-electron chi connectivity index (χ1n) is 9.02. The van der Waals surface area contributed by atoms with Crippen LogP contribution in [0, 0.1) is 0 Å². The van der Waals surface area contributed by atoms with Gasteiger partial charge < -0.3 is 9.80 Å². The van der Waals surface area contributed by atoms with E-state index in [-0.39, 0.29) is 4.90 Å². The van der Waals surface area contributed by atoms with Crippen LogP contribution in [0.2, 0.25) is 0 Å². The topological polar surface area (TPSA) is 66.6 Å². The molecule has 1 saturated heterocycles. The van der Waals surface area contributed by atoms with E-state index < -0.39 is 10.0 Å². The summed E-state index contributed by atoms with van der Waals surface area (Å²) in [6, 6.07) is 19.3. The fraction of sp³-hybridized carbons (Fsp3) is 0.238. The van der Waals surface area contributed by atoms with Crippen molar-refractivity contribution < 1.29 is 8.42 Å². The quantitative estimate of drug-likeness (QED) is 0.758. The van der Waals surface area contributed by atoms with Gasteiger partial charge in [0, 0.05) is 37.4 Å². The van der Waals surface area contributed by atoms with Crippen molar-refractivity contribution in [2.45, 2.75) is 4.90 Å². The molecule has 140 valence electrons. The highest BCUT2D eigenvalue weighted by Crippen LogP contribution is 2.36. The van der Waals surface area contributed by atoms with Crippen LogP contribution in [-0.2, 0) is 10.0 Å². The summed E-state index contributed by atoms with van der Waals surface area (Å²) in [7, 11) is -1.71. The molecule has 0 saturated carbocycles. The lowest BCUT2D eigenvalue weighted by Gasteiger charge is -2.34. The minimum absolute atomic E-state index is 0.164. The summed E-state index contributed by atoms with van der Waals surface area (Å²) >= 11 is 0. The van der Waals surface area contributed by atoms with Gasteiger partial charge in [0.15, 0.2) is 0 Å². The van der Waals surface area contributed by atoms with Crippen LogP contribution in [-0.4, -0.2) is 46.5 Å². The number of fused-ring (bicyclic) bond motifs is 1. The van der Waals surface area contributed by atoms with E-state index in [4.69, 9.17) is 5.14 Å². The van der Waals surface area contributed by atoms with E-state index in [1.54, 1.807) is 6.07 Å². The van der Waals surface area contributed by atoms with Crippen molar-refractivity contribution in [2.75, 3.05) is 38.1 Å². The van der Waals surface area contributed by atoms with Crippen molar-refractivity contribution in [3.63, 3.8) is 0 Å². The second-order valence-electron chi connectivity index (χ2n) is 7.05. The molecule has 1 aliphatic heterocycles. The number of hydrogen-bond donors (Lipinski definition) is 1. The molecule has 1 aliphatic rings. The Morgan fingerprint density at radius 2 is 1.63 bits per heavy atom. The maximum atomic E-state index is 12.3. The molecule has 0 spiro atoms. The van der Waals surface area contributed by atoms with E-state index in [1.165, 1.54) is 0 Å². The predicted molar refractivity (Wildman–Crippen MR) is 110 cm³/mol. The van der Waals surface area contributed by atoms with Crippen LogP contribution in [0.25, 0.3) is 21.9 Å². The van der Waals surface area contributed by atoms with Gasteiger partial charge in [0.1, 0.15) is 0 Å². The molecule has 4 rings (SSSR count). The van der Waals surface area contributed by atoms with Crippen LogP contribution < -0.4 is 10.0 Å². The Bertz CT molecular complexity index is 1090. The first-order chi connectivity index (χ1) is 12.9. The van der Waals surface area contributed by atoms with E-state index >= 15 is 0 Å². The molecule has 1 heterocycles. The number of anilines is 1. The van der Waals surface area contributed by atoms with E-state index in [9.17, 15) is 8.42 Å². The molecular weight excluding hydrogens is 358 g/mol. The van der Waals surface area contributed by atoms with Crippen molar-refractivity contribution in [2.24, 2.45) is 5.14 Å². The first kappa shape index (κ1) is 18.0. The van der Waals surface area contributed by atoms with Gasteiger partial charge in [-0.15, -0.1) is 0 Å². The Hall–Kier alpha value is -2.41. The van der Waals surface area contributed by atoms with Crippen LogP contribution in [0.5, 0.6) is 0 Å². The largest absolute Gasteiger partial charge is 0.369 e. The SMILES string of the molecule is CN1CCN(c2cccc(-c3c(S(N)(=O)=O)ccc4ccccc34)c2)CC1. The third-order valence-electron chi connectivity index (χ3n) is 5.20. The number of likely N-dealkylation sites (N-methyl/N-ethyl adjacent to an activating group) is 1. The molecule has 0 bridgehead atoms. The summed E-state index contributed by atoms with van der Waals surface area (Å²) in [5, 5.41) is 7.42. The van der Waals surface area contributed by atoms with Crippen molar-refractivity contribution in [3.8, 4) is 11.1 Å². The Morgan fingerprint density at radius 1 is 0.889 bits per heavy atom. The van der Waals surface area contributed by atoms with Crippen LogP contribution in [0.4, 0.5) is 5.69 Å². The molecule has 3 aromatic rings. The predicted octanol–water partition coefficient (Wildman–Crippen LogP) is 2.91. The van der Waals surface area contributed by atoms with Gasteiger partial charge >= 0.3 is 0 Å². The number of hydrogen-bond acceptors (Lipinski definition) is 4.